The number of hydrogen-bond donors (Lipinski definition) is 2. The summed E-state index contributed by atoms with van der Waals surface area (Å²) < 4.78 is 6.03. The van der Waals surface area contributed by atoms with Crippen LogP contribution in [-0.4, -0.2) is 67.1 Å². The summed E-state index contributed by atoms with van der Waals surface area (Å²) in [5.41, 5.74) is 1.16. The maximum absolute atomic E-state index is 12.6. The number of nitrogens with one attached hydrogen (secondary N) is 2. The molecule has 3 saturated heterocycles. The van der Waals surface area contributed by atoms with Gasteiger partial charge in [-0.1, -0.05) is 0 Å². The van der Waals surface area contributed by atoms with Crippen molar-refractivity contribution in [3.8, 4) is 0 Å². The summed E-state index contributed by atoms with van der Waals surface area (Å²) in [4.78, 5) is 21.5. The van der Waals surface area contributed by atoms with Crippen LogP contribution in [0.2, 0.25) is 0 Å². The lowest BCUT2D eigenvalue weighted by Crippen LogP contribution is -2.44. The zero-order chi connectivity index (χ0) is 17.7. The van der Waals surface area contributed by atoms with Gasteiger partial charge in [-0.2, -0.15) is 0 Å². The Morgan fingerprint density at radius 1 is 1.27 bits per heavy atom. The van der Waals surface area contributed by atoms with Gasteiger partial charge < -0.3 is 24.9 Å². The van der Waals surface area contributed by atoms with Crippen molar-refractivity contribution in [2.45, 2.75) is 37.4 Å². The van der Waals surface area contributed by atoms with E-state index < -0.39 is 0 Å². The molecule has 2 aromatic heterocycles. The molecule has 0 aromatic carbocycles. The molecule has 2 aromatic rings. The molecule has 138 valence electrons. The van der Waals surface area contributed by atoms with Gasteiger partial charge in [0, 0.05) is 68.0 Å². The van der Waals surface area contributed by atoms with E-state index in [0.717, 1.165) is 55.9 Å². The van der Waals surface area contributed by atoms with Crippen LogP contribution in [0.5, 0.6) is 0 Å². The van der Waals surface area contributed by atoms with Crippen molar-refractivity contribution in [1.29, 1.82) is 0 Å². The maximum Gasteiger partial charge on any atom is 0.270 e. The number of amides is 1. The number of aromatic nitrogens is 1. The first kappa shape index (κ1) is 16.1. The third-order valence-electron chi connectivity index (χ3n) is 6.05. The van der Waals surface area contributed by atoms with Gasteiger partial charge in [-0.3, -0.25) is 9.78 Å². The van der Waals surface area contributed by atoms with E-state index in [1.165, 1.54) is 6.42 Å². The van der Waals surface area contributed by atoms with E-state index in [1.807, 2.05) is 6.07 Å². The van der Waals surface area contributed by atoms with Gasteiger partial charge in [0.05, 0.1) is 0 Å². The number of nitrogens with zero attached hydrogens (tertiary/aromatic N) is 3. The van der Waals surface area contributed by atoms with E-state index in [1.54, 1.807) is 12.3 Å². The number of furan rings is 1. The number of carbonyl (C=O) groups is 1. The molecule has 2 N–H and O–H groups in total. The SMILES string of the molecule is CN1CCN(c2cc3cnc(C(=O)N[C@@H]4C[C@H]5CC[C@@H]4N5)cc3o2)CC1. The van der Waals surface area contributed by atoms with E-state index in [-0.39, 0.29) is 11.9 Å². The molecule has 5 rings (SSSR count). The molecule has 3 atom stereocenters. The van der Waals surface area contributed by atoms with Crippen molar-refractivity contribution in [2.24, 2.45) is 0 Å². The molecule has 5 heterocycles. The normalized spacial score (nSPS) is 28.8. The van der Waals surface area contributed by atoms with Crippen LogP contribution >= 0.6 is 0 Å². The predicted octanol–water partition coefficient (Wildman–Crippen LogP) is 1.20. The number of rotatable bonds is 3. The molecular weight excluding hydrogens is 330 g/mol. The van der Waals surface area contributed by atoms with Gasteiger partial charge in [0.2, 0.25) is 0 Å². The molecule has 2 bridgehead atoms. The van der Waals surface area contributed by atoms with Gasteiger partial charge in [0.25, 0.3) is 5.91 Å². The Morgan fingerprint density at radius 2 is 2.12 bits per heavy atom. The minimum atomic E-state index is -0.108. The van der Waals surface area contributed by atoms with E-state index in [4.69, 9.17) is 4.42 Å². The third-order valence-corrected chi connectivity index (χ3v) is 6.05. The molecule has 3 aliphatic rings. The summed E-state index contributed by atoms with van der Waals surface area (Å²) in [6.07, 6.45) is 5.14. The average Bonchev–Trinajstić information content (AvgIpc) is 3.36. The minimum absolute atomic E-state index is 0.108. The fourth-order valence-corrected chi connectivity index (χ4v) is 4.45. The quantitative estimate of drug-likeness (QED) is 0.862. The highest BCUT2D eigenvalue weighted by atomic mass is 16.4. The zero-order valence-corrected chi connectivity index (χ0v) is 15.1. The van der Waals surface area contributed by atoms with E-state index in [2.05, 4.69) is 32.5 Å². The maximum atomic E-state index is 12.6. The van der Waals surface area contributed by atoms with Crippen LogP contribution < -0.4 is 15.5 Å². The number of anilines is 1. The van der Waals surface area contributed by atoms with Crippen LogP contribution in [0.3, 0.4) is 0 Å². The Morgan fingerprint density at radius 3 is 2.85 bits per heavy atom. The molecule has 0 spiro atoms. The summed E-state index contributed by atoms with van der Waals surface area (Å²) >= 11 is 0. The number of carbonyl (C=O) groups excluding carboxylic acids is 1. The van der Waals surface area contributed by atoms with Crippen LogP contribution in [0.15, 0.2) is 22.7 Å². The molecule has 0 saturated carbocycles. The molecule has 7 heteroatoms. The van der Waals surface area contributed by atoms with E-state index in [9.17, 15) is 4.79 Å². The number of pyridine rings is 1. The first-order valence-corrected chi connectivity index (χ1v) is 9.56. The van der Waals surface area contributed by atoms with Crippen LogP contribution in [0, 0.1) is 0 Å². The van der Waals surface area contributed by atoms with Gasteiger partial charge in [-0.05, 0) is 26.3 Å². The van der Waals surface area contributed by atoms with E-state index >= 15 is 0 Å². The van der Waals surface area contributed by atoms with Crippen LogP contribution in [0.4, 0.5) is 5.88 Å². The molecule has 0 radical (unpaired) electrons. The van der Waals surface area contributed by atoms with Crippen molar-refractivity contribution < 1.29 is 9.21 Å². The summed E-state index contributed by atoms with van der Waals surface area (Å²) in [5.74, 6) is 0.758. The lowest BCUT2D eigenvalue weighted by atomic mass is 9.95. The summed E-state index contributed by atoms with van der Waals surface area (Å²) in [6, 6.07) is 4.99. The highest BCUT2D eigenvalue weighted by molar-refractivity contribution is 5.96. The molecule has 26 heavy (non-hydrogen) atoms. The molecular formula is C19H25N5O2. The van der Waals surface area contributed by atoms with Crippen molar-refractivity contribution in [3.63, 3.8) is 0 Å². The minimum Gasteiger partial charge on any atom is -0.440 e. The molecule has 1 amide bonds. The second kappa shape index (κ2) is 6.25. The number of likely N-dealkylation sites (N-methyl/N-ethyl adjacent to an activating group) is 1. The topological polar surface area (TPSA) is 73.6 Å². The number of piperazine rings is 1. The molecule has 7 nitrogen and oxygen atoms in total. The van der Waals surface area contributed by atoms with Gasteiger partial charge in [0.15, 0.2) is 5.88 Å². The van der Waals surface area contributed by atoms with Crippen molar-refractivity contribution in [1.82, 2.24) is 20.5 Å². The van der Waals surface area contributed by atoms with Crippen LogP contribution in [0.1, 0.15) is 29.8 Å². The van der Waals surface area contributed by atoms with Crippen LogP contribution in [-0.2, 0) is 0 Å². The number of hydrogen-bond acceptors (Lipinski definition) is 6. The molecule has 3 aliphatic heterocycles. The van der Waals surface area contributed by atoms with Crippen molar-refractivity contribution >= 4 is 22.8 Å². The molecule has 0 unspecified atom stereocenters. The average molecular weight is 355 g/mol. The van der Waals surface area contributed by atoms with Gasteiger partial charge >= 0.3 is 0 Å². The first-order valence-electron chi connectivity index (χ1n) is 9.56. The largest absolute Gasteiger partial charge is 0.440 e. The lowest BCUT2D eigenvalue weighted by molar-refractivity contribution is 0.0926. The molecule has 3 fully saturated rings. The van der Waals surface area contributed by atoms with Gasteiger partial charge in [-0.15, -0.1) is 0 Å². The Bertz CT molecular complexity index is 826. The van der Waals surface area contributed by atoms with Gasteiger partial charge in [0.1, 0.15) is 11.3 Å². The second-order valence-electron chi connectivity index (χ2n) is 7.85. The smallest absolute Gasteiger partial charge is 0.270 e. The van der Waals surface area contributed by atoms with Gasteiger partial charge in [-0.25, -0.2) is 0 Å². The van der Waals surface area contributed by atoms with Crippen molar-refractivity contribution in [3.05, 3.63) is 24.0 Å². The summed E-state index contributed by atoms with van der Waals surface area (Å²) in [7, 11) is 2.14. The Hall–Kier alpha value is -2.12. The lowest BCUT2D eigenvalue weighted by Gasteiger charge is -2.32. The first-order chi connectivity index (χ1) is 12.7. The standard InChI is InChI=1S/C19H25N5O2/c1-23-4-6-24(7-5-23)18-8-12-11-20-16(10-17(12)26-18)19(25)22-15-9-13-2-3-14(15)21-13/h8,10-11,13-15,21H,2-7,9H2,1H3,(H,22,25)/t13-,14+,15-/m1/s1. The highest BCUT2D eigenvalue weighted by Crippen LogP contribution is 2.29. The summed E-state index contributed by atoms with van der Waals surface area (Å²) in [6.45, 7) is 3.96. The Balaban J connectivity index is 1.32. The van der Waals surface area contributed by atoms with Crippen LogP contribution in [0.25, 0.3) is 11.0 Å². The Labute approximate surface area is 152 Å². The third kappa shape index (κ3) is 2.85. The highest BCUT2D eigenvalue weighted by Gasteiger charge is 2.39. The monoisotopic (exact) mass is 355 g/mol. The molecule has 0 aliphatic carbocycles. The Kier molecular flexibility index (Phi) is 3.86. The van der Waals surface area contributed by atoms with E-state index in [0.29, 0.717) is 17.8 Å². The predicted molar refractivity (Wildman–Crippen MR) is 99.5 cm³/mol. The summed E-state index contributed by atoms with van der Waals surface area (Å²) in [5, 5.41) is 7.63. The fraction of sp³-hybridized carbons (Fsp3) is 0.579. The fourth-order valence-electron chi connectivity index (χ4n) is 4.45. The van der Waals surface area contributed by atoms with Crippen molar-refractivity contribution in [2.75, 3.05) is 38.1 Å². The number of fused-ring (bicyclic) bond motifs is 3. The second-order valence-corrected chi connectivity index (χ2v) is 7.85. The zero-order valence-electron chi connectivity index (χ0n) is 15.1.